The lowest BCUT2D eigenvalue weighted by Crippen LogP contribution is -2.03. The number of phenolic OH excluding ortho intramolecular Hbond substituents is 2. The highest BCUT2D eigenvalue weighted by Crippen LogP contribution is 2.36. The summed E-state index contributed by atoms with van der Waals surface area (Å²) in [6, 6.07) is 8.74. The second-order valence-electron chi connectivity index (χ2n) is 8.18. The topological polar surface area (TPSA) is 70.7 Å². The molecule has 0 fully saturated rings. The van der Waals surface area contributed by atoms with E-state index in [1.165, 1.54) is 23.3 Å². The van der Waals surface area contributed by atoms with Gasteiger partial charge in [0.1, 0.15) is 28.2 Å². The Balaban J connectivity index is 2.13. The van der Waals surface area contributed by atoms with Crippen molar-refractivity contribution in [3.05, 3.63) is 80.5 Å². The van der Waals surface area contributed by atoms with Crippen LogP contribution in [0.15, 0.2) is 62.8 Å². The summed E-state index contributed by atoms with van der Waals surface area (Å²) in [6.07, 6.45) is 5.18. The molecule has 0 spiro atoms. The van der Waals surface area contributed by atoms with E-state index in [0.29, 0.717) is 17.7 Å². The summed E-state index contributed by atoms with van der Waals surface area (Å²) in [4.78, 5) is 12.8. The van der Waals surface area contributed by atoms with E-state index in [1.54, 1.807) is 0 Å². The molecule has 1 heterocycles. The van der Waals surface area contributed by atoms with Gasteiger partial charge in [-0.15, -0.1) is 0 Å². The lowest BCUT2D eigenvalue weighted by atomic mass is 9.99. The Morgan fingerprint density at radius 2 is 1.63 bits per heavy atom. The van der Waals surface area contributed by atoms with E-state index in [1.807, 2.05) is 38.1 Å². The lowest BCUT2D eigenvalue weighted by Gasteiger charge is -2.11. The molecule has 3 aromatic rings. The molecule has 0 aliphatic rings. The molecule has 0 aliphatic heterocycles. The van der Waals surface area contributed by atoms with Crippen molar-refractivity contribution in [1.82, 2.24) is 0 Å². The predicted molar refractivity (Wildman–Crippen MR) is 122 cm³/mol. The number of aryl methyl sites for hydroxylation is 1. The highest BCUT2D eigenvalue weighted by molar-refractivity contribution is 5.88. The first kappa shape index (κ1) is 21.4. The van der Waals surface area contributed by atoms with Crippen LogP contribution in [0.25, 0.3) is 22.3 Å². The van der Waals surface area contributed by atoms with E-state index in [2.05, 4.69) is 26.8 Å². The summed E-state index contributed by atoms with van der Waals surface area (Å²) in [6.45, 7) is 10.0. The minimum Gasteiger partial charge on any atom is -0.507 e. The summed E-state index contributed by atoms with van der Waals surface area (Å²) in [7, 11) is 0. The number of hydrogen-bond donors (Lipinski definition) is 2. The van der Waals surface area contributed by atoms with Crippen molar-refractivity contribution in [2.24, 2.45) is 0 Å². The van der Waals surface area contributed by atoms with Gasteiger partial charge in [-0.25, -0.2) is 0 Å². The zero-order valence-corrected chi connectivity index (χ0v) is 18.2. The van der Waals surface area contributed by atoms with Gasteiger partial charge in [-0.1, -0.05) is 35.4 Å². The Hall–Kier alpha value is -3.27. The molecule has 0 radical (unpaired) electrons. The van der Waals surface area contributed by atoms with Crippen LogP contribution in [0.3, 0.4) is 0 Å². The molecule has 4 heteroatoms. The van der Waals surface area contributed by atoms with E-state index in [9.17, 15) is 15.0 Å². The molecule has 0 bridgehead atoms. The highest BCUT2D eigenvalue weighted by Gasteiger charge is 2.17. The molecule has 0 atom stereocenters. The fourth-order valence-corrected chi connectivity index (χ4v) is 3.34. The maximum absolute atomic E-state index is 12.8. The monoisotopic (exact) mass is 404 g/mol. The van der Waals surface area contributed by atoms with Crippen molar-refractivity contribution in [3.63, 3.8) is 0 Å². The largest absolute Gasteiger partial charge is 0.507 e. The van der Waals surface area contributed by atoms with Crippen LogP contribution in [0.4, 0.5) is 0 Å². The van der Waals surface area contributed by atoms with Crippen LogP contribution >= 0.6 is 0 Å². The average molecular weight is 405 g/mol. The van der Waals surface area contributed by atoms with Crippen molar-refractivity contribution >= 4 is 11.0 Å². The molecule has 156 valence electrons. The smallest absolute Gasteiger partial charge is 0.197 e. The summed E-state index contributed by atoms with van der Waals surface area (Å²) in [5, 5.41) is 21.1. The number of phenols is 2. The van der Waals surface area contributed by atoms with Gasteiger partial charge in [0.2, 0.25) is 0 Å². The Morgan fingerprint density at radius 1 is 0.967 bits per heavy atom. The Kier molecular flexibility index (Phi) is 6.16. The van der Waals surface area contributed by atoms with Crippen LogP contribution in [0.5, 0.6) is 11.5 Å². The van der Waals surface area contributed by atoms with Crippen molar-refractivity contribution in [3.8, 4) is 22.8 Å². The number of hydrogen-bond acceptors (Lipinski definition) is 4. The molecule has 3 rings (SSSR count). The zero-order valence-electron chi connectivity index (χ0n) is 18.2. The number of allylic oxidation sites excluding steroid dienone is 4. The molecule has 2 N–H and O–H groups in total. The molecule has 0 aliphatic carbocycles. The quantitative estimate of drug-likeness (QED) is 0.497. The zero-order chi connectivity index (χ0) is 22.0. The van der Waals surface area contributed by atoms with E-state index in [4.69, 9.17) is 4.42 Å². The fraction of sp³-hybridized carbons (Fsp3) is 0.269. The SMILES string of the molecule is CC(C)=CCc1cc(-c2cc(=O)c3c(O)c(CC=C(C)C)c(O)cc3o2)ccc1C. The van der Waals surface area contributed by atoms with Crippen molar-refractivity contribution in [1.29, 1.82) is 0 Å². The minimum atomic E-state index is -0.339. The van der Waals surface area contributed by atoms with E-state index in [0.717, 1.165) is 23.1 Å². The van der Waals surface area contributed by atoms with Gasteiger partial charge in [0.15, 0.2) is 5.43 Å². The Labute approximate surface area is 176 Å². The molecular formula is C26H28O4. The molecule has 2 aromatic carbocycles. The lowest BCUT2D eigenvalue weighted by molar-refractivity contribution is 0.443. The van der Waals surface area contributed by atoms with Crippen LogP contribution < -0.4 is 5.43 Å². The second kappa shape index (κ2) is 8.62. The van der Waals surface area contributed by atoms with E-state index >= 15 is 0 Å². The van der Waals surface area contributed by atoms with Gasteiger partial charge in [-0.3, -0.25) is 4.79 Å². The van der Waals surface area contributed by atoms with Gasteiger partial charge >= 0.3 is 0 Å². The third kappa shape index (κ3) is 4.48. The first-order valence-corrected chi connectivity index (χ1v) is 10.1. The fourth-order valence-electron chi connectivity index (χ4n) is 3.34. The van der Waals surface area contributed by atoms with Crippen molar-refractivity contribution in [2.45, 2.75) is 47.5 Å². The van der Waals surface area contributed by atoms with Crippen LogP contribution in [0.1, 0.15) is 44.4 Å². The Morgan fingerprint density at radius 3 is 2.30 bits per heavy atom. The van der Waals surface area contributed by atoms with Gasteiger partial charge in [0.05, 0.1) is 0 Å². The summed E-state index contributed by atoms with van der Waals surface area (Å²) < 4.78 is 5.94. The van der Waals surface area contributed by atoms with E-state index < -0.39 is 0 Å². The van der Waals surface area contributed by atoms with Gasteiger partial charge < -0.3 is 14.6 Å². The second-order valence-corrected chi connectivity index (χ2v) is 8.18. The van der Waals surface area contributed by atoms with Gasteiger partial charge in [-0.2, -0.15) is 0 Å². The van der Waals surface area contributed by atoms with Crippen molar-refractivity contribution in [2.75, 3.05) is 0 Å². The number of benzene rings is 2. The predicted octanol–water partition coefficient (Wildman–Crippen LogP) is 6.20. The minimum absolute atomic E-state index is 0.0885. The number of rotatable bonds is 5. The normalized spacial score (nSPS) is 10.8. The van der Waals surface area contributed by atoms with Crippen LogP contribution in [0.2, 0.25) is 0 Å². The Bertz CT molecular complexity index is 1220. The van der Waals surface area contributed by atoms with Crippen LogP contribution in [-0.2, 0) is 12.8 Å². The first-order valence-electron chi connectivity index (χ1n) is 10.1. The maximum atomic E-state index is 12.8. The summed E-state index contributed by atoms with van der Waals surface area (Å²) in [5.74, 6) is 0.0868. The number of aromatic hydroxyl groups is 2. The third-order valence-electron chi connectivity index (χ3n) is 5.15. The van der Waals surface area contributed by atoms with Gasteiger partial charge in [0.25, 0.3) is 0 Å². The molecule has 0 saturated heterocycles. The highest BCUT2D eigenvalue weighted by atomic mass is 16.3. The van der Waals surface area contributed by atoms with Gasteiger partial charge in [0, 0.05) is 23.3 Å². The molecule has 30 heavy (non-hydrogen) atoms. The van der Waals surface area contributed by atoms with Crippen LogP contribution in [-0.4, -0.2) is 10.2 Å². The standard InChI is InChI=1S/C26H28O4/c1-15(2)6-9-18-12-19(10-8-17(18)5)23-14-22(28)25-24(30-23)13-21(27)20(26(25)29)11-7-16(3)4/h6-8,10,12-14,27,29H,9,11H2,1-5H3. The first-order chi connectivity index (χ1) is 14.2. The molecule has 0 saturated carbocycles. The van der Waals surface area contributed by atoms with Crippen LogP contribution in [0, 0.1) is 6.92 Å². The maximum Gasteiger partial charge on any atom is 0.197 e. The van der Waals surface area contributed by atoms with E-state index in [-0.39, 0.29) is 27.9 Å². The third-order valence-corrected chi connectivity index (χ3v) is 5.15. The molecule has 4 nitrogen and oxygen atoms in total. The van der Waals surface area contributed by atoms with Gasteiger partial charge in [-0.05, 0) is 64.7 Å². The molecule has 0 unspecified atom stereocenters. The summed E-state index contributed by atoms with van der Waals surface area (Å²) in [5.41, 5.74) is 5.55. The molecule has 1 aromatic heterocycles. The molecule has 0 amide bonds. The average Bonchev–Trinajstić information content (AvgIpc) is 2.66. The molecular weight excluding hydrogens is 376 g/mol. The summed E-state index contributed by atoms with van der Waals surface area (Å²) >= 11 is 0. The van der Waals surface area contributed by atoms with Crippen molar-refractivity contribution < 1.29 is 14.6 Å². The number of fused-ring (bicyclic) bond motifs is 1.